The van der Waals surface area contributed by atoms with Crippen LogP contribution in [0, 0.1) is 11.8 Å². The van der Waals surface area contributed by atoms with Gasteiger partial charge in [-0.1, -0.05) is 13.3 Å². The molecule has 2 aliphatic rings. The molecule has 0 amide bonds. The Morgan fingerprint density at radius 1 is 1.20 bits per heavy atom. The minimum absolute atomic E-state index is 0. The van der Waals surface area contributed by atoms with E-state index in [1.54, 1.807) is 0 Å². The van der Waals surface area contributed by atoms with E-state index in [-0.39, 0.29) is 35.9 Å². The number of halogens is 1. The van der Waals surface area contributed by atoms with Crippen molar-refractivity contribution < 1.29 is 9.53 Å². The first kappa shape index (κ1) is 22.5. The van der Waals surface area contributed by atoms with Crippen molar-refractivity contribution >= 4 is 35.9 Å². The Morgan fingerprint density at radius 2 is 1.84 bits per heavy atom. The highest BCUT2D eigenvalue weighted by molar-refractivity contribution is 14.0. The summed E-state index contributed by atoms with van der Waals surface area (Å²) in [5.74, 6) is 1.53. The molecule has 0 spiro atoms. The molecule has 2 rings (SSSR count). The number of esters is 1. The Morgan fingerprint density at radius 3 is 2.40 bits per heavy atom. The first-order chi connectivity index (χ1) is 11.6. The molecule has 0 bridgehead atoms. The molecule has 0 aromatic rings. The SMILES string of the molecule is CN=C(NCC(C)CN1CCCCC1)N1CCC(C(=O)OC)CC1.I. The molecule has 146 valence electrons. The van der Waals surface area contributed by atoms with E-state index >= 15 is 0 Å². The summed E-state index contributed by atoms with van der Waals surface area (Å²) in [6.45, 7) is 8.63. The molecule has 2 saturated heterocycles. The normalized spacial score (nSPS) is 21.4. The number of piperidine rings is 2. The standard InChI is InChI=1S/C18H34N4O2.HI/c1-15(14-21-9-5-4-6-10-21)13-20-18(19-2)22-11-7-16(8-12-22)17(23)24-3;/h15-16H,4-14H2,1-3H3,(H,19,20);1H. The fraction of sp³-hybridized carbons (Fsp3) is 0.889. The van der Waals surface area contributed by atoms with E-state index in [0.717, 1.165) is 45.0 Å². The number of methoxy groups -OCH3 is 1. The quantitative estimate of drug-likeness (QED) is 0.292. The Bertz CT molecular complexity index is 419. The van der Waals surface area contributed by atoms with Gasteiger partial charge in [-0.3, -0.25) is 9.79 Å². The van der Waals surface area contributed by atoms with Crippen LogP contribution in [0.1, 0.15) is 39.0 Å². The zero-order chi connectivity index (χ0) is 17.4. The van der Waals surface area contributed by atoms with Gasteiger partial charge < -0.3 is 19.9 Å². The van der Waals surface area contributed by atoms with Crippen molar-refractivity contribution in [3.05, 3.63) is 0 Å². The van der Waals surface area contributed by atoms with Crippen LogP contribution in [0.15, 0.2) is 4.99 Å². The van der Waals surface area contributed by atoms with Crippen LogP contribution in [0.2, 0.25) is 0 Å². The van der Waals surface area contributed by atoms with E-state index < -0.39 is 0 Å². The molecule has 2 fully saturated rings. The number of nitrogens with zero attached hydrogens (tertiary/aromatic N) is 3. The number of rotatable bonds is 5. The molecule has 25 heavy (non-hydrogen) atoms. The number of nitrogens with one attached hydrogen (secondary N) is 1. The highest BCUT2D eigenvalue weighted by Gasteiger charge is 2.27. The van der Waals surface area contributed by atoms with Crippen LogP contribution in [0.4, 0.5) is 0 Å². The van der Waals surface area contributed by atoms with Crippen LogP contribution >= 0.6 is 24.0 Å². The predicted molar refractivity (Wildman–Crippen MR) is 113 cm³/mol. The molecule has 0 aromatic heterocycles. The Hall–Kier alpha value is -0.570. The Balaban J connectivity index is 0.00000312. The van der Waals surface area contributed by atoms with E-state index in [9.17, 15) is 4.79 Å². The van der Waals surface area contributed by atoms with Crippen LogP contribution < -0.4 is 5.32 Å². The number of carbonyl (C=O) groups is 1. The maximum absolute atomic E-state index is 11.6. The molecule has 7 heteroatoms. The highest BCUT2D eigenvalue weighted by atomic mass is 127. The van der Waals surface area contributed by atoms with Gasteiger partial charge in [0, 0.05) is 33.2 Å². The van der Waals surface area contributed by atoms with Crippen LogP contribution in [0.5, 0.6) is 0 Å². The number of likely N-dealkylation sites (tertiary alicyclic amines) is 2. The molecule has 2 heterocycles. The van der Waals surface area contributed by atoms with Crippen molar-refractivity contribution in [2.24, 2.45) is 16.8 Å². The lowest BCUT2D eigenvalue weighted by molar-refractivity contribution is -0.146. The van der Waals surface area contributed by atoms with Gasteiger partial charge in [-0.15, -0.1) is 24.0 Å². The number of hydrogen-bond acceptors (Lipinski definition) is 4. The zero-order valence-electron chi connectivity index (χ0n) is 16.0. The van der Waals surface area contributed by atoms with Crippen molar-refractivity contribution in [3.63, 3.8) is 0 Å². The number of guanidine groups is 1. The van der Waals surface area contributed by atoms with Crippen molar-refractivity contribution in [2.45, 2.75) is 39.0 Å². The lowest BCUT2D eigenvalue weighted by Gasteiger charge is -2.34. The van der Waals surface area contributed by atoms with E-state index in [0.29, 0.717) is 5.92 Å². The summed E-state index contributed by atoms with van der Waals surface area (Å²) in [4.78, 5) is 20.9. The van der Waals surface area contributed by atoms with Crippen LogP contribution in [0.25, 0.3) is 0 Å². The molecule has 1 atom stereocenters. The van der Waals surface area contributed by atoms with Crippen molar-refractivity contribution in [1.82, 2.24) is 15.1 Å². The zero-order valence-corrected chi connectivity index (χ0v) is 18.3. The predicted octanol–water partition coefficient (Wildman–Crippen LogP) is 2.19. The average Bonchev–Trinajstić information content (AvgIpc) is 2.63. The van der Waals surface area contributed by atoms with Gasteiger partial charge in [0.1, 0.15) is 0 Å². The van der Waals surface area contributed by atoms with Gasteiger partial charge in [-0.05, 0) is 44.7 Å². The van der Waals surface area contributed by atoms with Crippen molar-refractivity contribution in [3.8, 4) is 0 Å². The van der Waals surface area contributed by atoms with Crippen LogP contribution in [0.3, 0.4) is 0 Å². The second-order valence-electron chi connectivity index (χ2n) is 7.18. The average molecular weight is 466 g/mol. The van der Waals surface area contributed by atoms with E-state index in [1.165, 1.54) is 39.5 Å². The van der Waals surface area contributed by atoms with Gasteiger partial charge in [0.05, 0.1) is 13.0 Å². The molecular formula is C18H35IN4O2. The molecule has 0 radical (unpaired) electrons. The Kier molecular flexibility index (Phi) is 10.7. The summed E-state index contributed by atoms with van der Waals surface area (Å²) in [6.07, 6.45) is 5.76. The first-order valence-corrected chi connectivity index (χ1v) is 9.39. The molecule has 0 aromatic carbocycles. The molecule has 1 N–H and O–H groups in total. The van der Waals surface area contributed by atoms with E-state index in [2.05, 4.69) is 27.0 Å². The lowest BCUT2D eigenvalue weighted by atomic mass is 9.97. The molecule has 0 saturated carbocycles. The van der Waals surface area contributed by atoms with Gasteiger partial charge in [0.15, 0.2) is 5.96 Å². The molecular weight excluding hydrogens is 431 g/mol. The minimum Gasteiger partial charge on any atom is -0.469 e. The van der Waals surface area contributed by atoms with Gasteiger partial charge in [-0.2, -0.15) is 0 Å². The third-order valence-electron chi connectivity index (χ3n) is 5.17. The largest absolute Gasteiger partial charge is 0.469 e. The summed E-state index contributed by atoms with van der Waals surface area (Å²) < 4.78 is 4.85. The second kappa shape index (κ2) is 11.9. The number of carbonyl (C=O) groups excluding carboxylic acids is 1. The molecule has 0 aliphatic carbocycles. The maximum Gasteiger partial charge on any atom is 0.308 e. The summed E-state index contributed by atoms with van der Waals surface area (Å²) in [5, 5.41) is 3.52. The van der Waals surface area contributed by atoms with Crippen LogP contribution in [-0.2, 0) is 9.53 Å². The minimum atomic E-state index is -0.0762. The number of aliphatic imine (C=N–C) groups is 1. The second-order valence-corrected chi connectivity index (χ2v) is 7.18. The van der Waals surface area contributed by atoms with Crippen LogP contribution in [-0.4, -0.2) is 75.2 Å². The molecule has 6 nitrogen and oxygen atoms in total. The summed E-state index contributed by atoms with van der Waals surface area (Å²) >= 11 is 0. The van der Waals surface area contributed by atoms with Gasteiger partial charge in [0.2, 0.25) is 0 Å². The fourth-order valence-corrected chi connectivity index (χ4v) is 3.74. The Labute approximate surface area is 169 Å². The first-order valence-electron chi connectivity index (χ1n) is 9.39. The monoisotopic (exact) mass is 466 g/mol. The van der Waals surface area contributed by atoms with Crippen molar-refractivity contribution in [2.75, 3.05) is 53.4 Å². The summed E-state index contributed by atoms with van der Waals surface area (Å²) in [6, 6.07) is 0. The van der Waals surface area contributed by atoms with E-state index in [1.807, 2.05) is 7.05 Å². The third kappa shape index (κ3) is 7.29. The number of ether oxygens (including phenoxy) is 1. The van der Waals surface area contributed by atoms with Gasteiger partial charge in [0.25, 0.3) is 0 Å². The summed E-state index contributed by atoms with van der Waals surface area (Å²) in [7, 11) is 3.31. The molecule has 2 aliphatic heterocycles. The summed E-state index contributed by atoms with van der Waals surface area (Å²) in [5.41, 5.74) is 0. The van der Waals surface area contributed by atoms with Gasteiger partial charge >= 0.3 is 5.97 Å². The smallest absolute Gasteiger partial charge is 0.308 e. The number of hydrogen-bond donors (Lipinski definition) is 1. The molecule has 1 unspecified atom stereocenters. The van der Waals surface area contributed by atoms with E-state index in [4.69, 9.17) is 4.74 Å². The lowest BCUT2D eigenvalue weighted by Crippen LogP contribution is -2.48. The van der Waals surface area contributed by atoms with Crippen molar-refractivity contribution in [1.29, 1.82) is 0 Å². The van der Waals surface area contributed by atoms with Gasteiger partial charge in [-0.25, -0.2) is 0 Å². The third-order valence-corrected chi connectivity index (χ3v) is 5.17. The maximum atomic E-state index is 11.6. The highest BCUT2D eigenvalue weighted by Crippen LogP contribution is 2.18. The topological polar surface area (TPSA) is 57.2 Å². The fourth-order valence-electron chi connectivity index (χ4n) is 3.74.